The molecule has 21 heavy (non-hydrogen) atoms. The molecule has 1 aromatic rings. The Bertz CT molecular complexity index is 659. The molecule has 0 unspecified atom stereocenters. The average molecular weight is 355 g/mol. The highest BCUT2D eigenvalue weighted by Gasteiger charge is 2.31. The fourth-order valence-electron chi connectivity index (χ4n) is 1.73. The SMILES string of the molecule is CC(=O)NNS(=O)(=O)c1c(C2OCCO2)ccc(Cl)c1Cl. The van der Waals surface area contributed by atoms with Crippen molar-refractivity contribution in [2.24, 2.45) is 0 Å². The average Bonchev–Trinajstić information content (AvgIpc) is 2.93. The van der Waals surface area contributed by atoms with Crippen LogP contribution in [0.25, 0.3) is 0 Å². The smallest absolute Gasteiger partial charge is 0.259 e. The number of halogens is 2. The first-order valence-corrected chi connectivity index (χ1v) is 8.06. The lowest BCUT2D eigenvalue weighted by atomic mass is 10.2. The van der Waals surface area contributed by atoms with E-state index in [0.717, 1.165) is 6.92 Å². The van der Waals surface area contributed by atoms with Crippen LogP contribution in [0.5, 0.6) is 0 Å². The van der Waals surface area contributed by atoms with Gasteiger partial charge in [-0.25, -0.2) is 8.42 Å². The van der Waals surface area contributed by atoms with E-state index < -0.39 is 22.2 Å². The zero-order chi connectivity index (χ0) is 15.6. The van der Waals surface area contributed by atoms with Gasteiger partial charge in [0.2, 0.25) is 5.91 Å². The molecule has 7 nitrogen and oxygen atoms in total. The number of carbonyl (C=O) groups excluding carboxylic acids is 1. The Morgan fingerprint density at radius 3 is 2.48 bits per heavy atom. The summed E-state index contributed by atoms with van der Waals surface area (Å²) in [5.41, 5.74) is 2.20. The Kier molecular flexibility index (Phi) is 5.07. The molecule has 0 bridgehead atoms. The first-order chi connectivity index (χ1) is 9.83. The standard InChI is InChI=1S/C11H12Cl2N2O5S/c1-6(16)14-15-21(17,18)10-7(11-19-4-5-20-11)2-3-8(12)9(10)13/h2-3,11,15H,4-5H2,1H3,(H,14,16). The molecule has 116 valence electrons. The first-order valence-electron chi connectivity index (χ1n) is 5.82. The van der Waals surface area contributed by atoms with Crippen LogP contribution in [0.1, 0.15) is 18.8 Å². The lowest BCUT2D eigenvalue weighted by Crippen LogP contribution is -2.40. The van der Waals surface area contributed by atoms with Crippen LogP contribution in [0.15, 0.2) is 17.0 Å². The van der Waals surface area contributed by atoms with Gasteiger partial charge >= 0.3 is 0 Å². The molecule has 0 aromatic heterocycles. The van der Waals surface area contributed by atoms with Crippen LogP contribution in [-0.2, 0) is 24.3 Å². The molecule has 0 radical (unpaired) electrons. The molecule has 1 aromatic carbocycles. The van der Waals surface area contributed by atoms with Gasteiger partial charge < -0.3 is 9.47 Å². The highest BCUT2D eigenvalue weighted by molar-refractivity contribution is 7.89. The second-order valence-corrected chi connectivity index (χ2v) is 6.54. The van der Waals surface area contributed by atoms with Gasteiger partial charge in [-0.15, -0.1) is 4.83 Å². The number of hydrazine groups is 1. The Balaban J connectivity index is 2.49. The van der Waals surface area contributed by atoms with E-state index in [0.29, 0.717) is 13.2 Å². The summed E-state index contributed by atoms with van der Waals surface area (Å²) in [5, 5.41) is -0.118. The van der Waals surface area contributed by atoms with Crippen LogP contribution in [0.4, 0.5) is 0 Å². The van der Waals surface area contributed by atoms with Gasteiger partial charge in [0.25, 0.3) is 10.0 Å². The summed E-state index contributed by atoms with van der Waals surface area (Å²) in [6, 6.07) is 2.90. The van der Waals surface area contributed by atoms with Crippen molar-refractivity contribution in [2.45, 2.75) is 18.1 Å². The van der Waals surface area contributed by atoms with E-state index in [1.807, 2.05) is 10.3 Å². The number of ether oxygens (including phenoxy) is 2. The van der Waals surface area contributed by atoms with Crippen molar-refractivity contribution < 1.29 is 22.7 Å². The van der Waals surface area contributed by atoms with E-state index in [1.54, 1.807) is 0 Å². The summed E-state index contributed by atoms with van der Waals surface area (Å²) in [6.07, 6.45) is -0.858. The second-order valence-electron chi connectivity index (χ2n) is 4.14. The molecule has 1 saturated heterocycles. The summed E-state index contributed by atoms with van der Waals surface area (Å²) < 4.78 is 35.2. The highest BCUT2D eigenvalue weighted by Crippen LogP contribution is 2.37. The summed E-state index contributed by atoms with van der Waals surface area (Å²) in [7, 11) is -4.13. The molecule has 0 saturated carbocycles. The second kappa shape index (κ2) is 6.47. The summed E-state index contributed by atoms with van der Waals surface area (Å²) in [6.45, 7) is 1.83. The lowest BCUT2D eigenvalue weighted by molar-refractivity contribution is -0.119. The molecule has 1 heterocycles. The zero-order valence-electron chi connectivity index (χ0n) is 10.9. The molecule has 0 aliphatic carbocycles. The largest absolute Gasteiger partial charge is 0.346 e. The van der Waals surface area contributed by atoms with Gasteiger partial charge in [0, 0.05) is 12.5 Å². The summed E-state index contributed by atoms with van der Waals surface area (Å²) in [5.74, 6) is -0.577. The van der Waals surface area contributed by atoms with Crippen LogP contribution in [0.3, 0.4) is 0 Å². The maximum absolute atomic E-state index is 12.3. The first kappa shape index (κ1) is 16.5. The third kappa shape index (κ3) is 3.65. The Labute approximate surface area is 131 Å². The predicted molar refractivity (Wildman–Crippen MR) is 75.2 cm³/mol. The Hall–Kier alpha value is -0.900. The maximum atomic E-state index is 12.3. The number of carbonyl (C=O) groups is 1. The van der Waals surface area contributed by atoms with E-state index in [1.165, 1.54) is 12.1 Å². The van der Waals surface area contributed by atoms with Crippen molar-refractivity contribution in [1.29, 1.82) is 0 Å². The summed E-state index contributed by atoms with van der Waals surface area (Å²) >= 11 is 11.9. The molecule has 1 aliphatic heterocycles. The Morgan fingerprint density at radius 2 is 1.90 bits per heavy atom. The van der Waals surface area contributed by atoms with Gasteiger partial charge in [0.15, 0.2) is 6.29 Å². The van der Waals surface area contributed by atoms with Crippen molar-refractivity contribution in [3.8, 4) is 0 Å². The quantitative estimate of drug-likeness (QED) is 0.796. The van der Waals surface area contributed by atoms with E-state index >= 15 is 0 Å². The molecule has 2 N–H and O–H groups in total. The molecule has 1 amide bonds. The van der Waals surface area contributed by atoms with Crippen LogP contribution in [0.2, 0.25) is 10.0 Å². The molecule has 1 aliphatic rings. The summed E-state index contributed by atoms with van der Waals surface area (Å²) in [4.78, 5) is 12.5. The fourth-order valence-corrected chi connectivity index (χ4v) is 3.62. The number of sulfonamides is 1. The predicted octanol–water partition coefficient (Wildman–Crippen LogP) is 1.37. The van der Waals surface area contributed by atoms with Crippen molar-refractivity contribution in [2.75, 3.05) is 13.2 Å². The van der Waals surface area contributed by atoms with Gasteiger partial charge in [0.05, 0.1) is 23.3 Å². The topological polar surface area (TPSA) is 93.7 Å². The molecular weight excluding hydrogens is 343 g/mol. The number of hydrogen-bond donors (Lipinski definition) is 2. The van der Waals surface area contributed by atoms with Crippen molar-refractivity contribution in [3.05, 3.63) is 27.7 Å². The number of benzene rings is 1. The van der Waals surface area contributed by atoms with Crippen LogP contribution < -0.4 is 10.3 Å². The van der Waals surface area contributed by atoms with Gasteiger partial charge in [-0.2, -0.15) is 0 Å². The van der Waals surface area contributed by atoms with Gasteiger partial charge in [0.1, 0.15) is 4.90 Å². The maximum Gasteiger partial charge on any atom is 0.259 e. The van der Waals surface area contributed by atoms with E-state index in [9.17, 15) is 13.2 Å². The highest BCUT2D eigenvalue weighted by atomic mass is 35.5. The minimum atomic E-state index is -4.13. The van der Waals surface area contributed by atoms with Crippen LogP contribution in [0, 0.1) is 0 Å². The fraction of sp³-hybridized carbons (Fsp3) is 0.364. The monoisotopic (exact) mass is 354 g/mol. The third-order valence-corrected chi connectivity index (χ3v) is 4.85. The lowest BCUT2D eigenvalue weighted by Gasteiger charge is -2.17. The van der Waals surface area contributed by atoms with Crippen LogP contribution >= 0.6 is 23.2 Å². The number of rotatable bonds is 4. The zero-order valence-corrected chi connectivity index (χ0v) is 13.2. The van der Waals surface area contributed by atoms with Gasteiger partial charge in [-0.05, 0) is 6.07 Å². The normalized spacial score (nSPS) is 16.1. The number of amides is 1. The number of hydrogen-bond acceptors (Lipinski definition) is 5. The van der Waals surface area contributed by atoms with Crippen molar-refractivity contribution in [3.63, 3.8) is 0 Å². The molecule has 10 heteroatoms. The molecule has 1 fully saturated rings. The minimum absolute atomic E-state index is 0.0570. The minimum Gasteiger partial charge on any atom is -0.346 e. The number of nitrogens with one attached hydrogen (secondary N) is 2. The van der Waals surface area contributed by atoms with Crippen LogP contribution in [-0.4, -0.2) is 27.5 Å². The van der Waals surface area contributed by atoms with Crippen molar-refractivity contribution in [1.82, 2.24) is 10.3 Å². The molecule has 0 atom stereocenters. The van der Waals surface area contributed by atoms with E-state index in [-0.39, 0.29) is 20.5 Å². The Morgan fingerprint density at radius 1 is 1.29 bits per heavy atom. The van der Waals surface area contributed by atoms with Gasteiger partial charge in [-0.1, -0.05) is 29.3 Å². The molecule has 2 rings (SSSR count). The molecule has 0 spiro atoms. The van der Waals surface area contributed by atoms with E-state index in [4.69, 9.17) is 32.7 Å². The van der Waals surface area contributed by atoms with Crippen molar-refractivity contribution >= 4 is 39.1 Å². The van der Waals surface area contributed by atoms with Gasteiger partial charge in [-0.3, -0.25) is 10.2 Å². The third-order valence-electron chi connectivity index (χ3n) is 2.59. The van der Waals surface area contributed by atoms with E-state index in [2.05, 4.69) is 0 Å². The molecular formula is C11H12Cl2N2O5S.